The molecule has 17 heavy (non-hydrogen) atoms. The molecular formula is C12H16BrNO2S. The molecule has 0 fully saturated rings. The molecule has 0 aromatic heterocycles. The standard InChI is InChI=1S/C12H16BrNO2S/c1-8(5-6-17-2)14-12(16)10-4-3-9(13)7-11(10)15/h3-4,7-8,15H,5-6H2,1-2H3,(H,14,16). The van der Waals surface area contributed by atoms with Gasteiger partial charge >= 0.3 is 0 Å². The molecular weight excluding hydrogens is 302 g/mol. The van der Waals surface area contributed by atoms with E-state index < -0.39 is 0 Å². The van der Waals surface area contributed by atoms with Gasteiger partial charge in [-0.1, -0.05) is 15.9 Å². The molecule has 1 unspecified atom stereocenters. The molecule has 5 heteroatoms. The fourth-order valence-corrected chi connectivity index (χ4v) is 2.30. The molecule has 2 N–H and O–H groups in total. The molecule has 1 atom stereocenters. The Labute approximate surface area is 114 Å². The second kappa shape index (κ2) is 6.91. The lowest BCUT2D eigenvalue weighted by Gasteiger charge is -2.13. The van der Waals surface area contributed by atoms with Crippen molar-refractivity contribution in [3.8, 4) is 5.75 Å². The van der Waals surface area contributed by atoms with Crippen molar-refractivity contribution in [3.05, 3.63) is 28.2 Å². The largest absolute Gasteiger partial charge is 0.507 e. The van der Waals surface area contributed by atoms with Crippen LogP contribution >= 0.6 is 27.7 Å². The van der Waals surface area contributed by atoms with E-state index >= 15 is 0 Å². The Hall–Kier alpha value is -0.680. The SMILES string of the molecule is CSCCC(C)NC(=O)c1ccc(Br)cc1O. The number of nitrogens with one attached hydrogen (secondary N) is 1. The predicted octanol–water partition coefficient (Wildman–Crippen LogP) is 3.03. The number of thioether (sulfide) groups is 1. The molecule has 0 heterocycles. The highest BCUT2D eigenvalue weighted by atomic mass is 79.9. The quantitative estimate of drug-likeness (QED) is 0.877. The molecule has 1 aromatic carbocycles. The Balaban J connectivity index is 2.63. The molecule has 0 saturated carbocycles. The number of phenolic OH excluding ortho intramolecular Hbond substituents is 1. The monoisotopic (exact) mass is 317 g/mol. The summed E-state index contributed by atoms with van der Waals surface area (Å²) in [6.45, 7) is 1.96. The average molecular weight is 318 g/mol. The number of rotatable bonds is 5. The van der Waals surface area contributed by atoms with E-state index in [0.717, 1.165) is 16.6 Å². The van der Waals surface area contributed by atoms with Gasteiger partial charge < -0.3 is 10.4 Å². The summed E-state index contributed by atoms with van der Waals surface area (Å²) < 4.78 is 0.752. The fourth-order valence-electron chi connectivity index (χ4n) is 1.37. The number of carbonyl (C=O) groups excluding carboxylic acids is 1. The first kappa shape index (κ1) is 14.4. The van der Waals surface area contributed by atoms with Crippen LogP contribution < -0.4 is 5.32 Å². The third kappa shape index (κ3) is 4.60. The molecule has 0 radical (unpaired) electrons. The smallest absolute Gasteiger partial charge is 0.255 e. The molecule has 0 spiro atoms. The second-order valence-corrected chi connectivity index (χ2v) is 5.72. The molecule has 0 aliphatic heterocycles. The van der Waals surface area contributed by atoms with Gasteiger partial charge in [-0.05, 0) is 43.6 Å². The number of phenols is 1. The Bertz CT molecular complexity index is 398. The molecule has 94 valence electrons. The van der Waals surface area contributed by atoms with E-state index in [2.05, 4.69) is 21.2 Å². The van der Waals surface area contributed by atoms with Crippen LogP contribution in [-0.4, -0.2) is 29.1 Å². The van der Waals surface area contributed by atoms with Gasteiger partial charge in [-0.15, -0.1) is 0 Å². The van der Waals surface area contributed by atoms with Gasteiger partial charge in [-0.3, -0.25) is 4.79 Å². The maximum atomic E-state index is 11.9. The molecule has 0 bridgehead atoms. The summed E-state index contributed by atoms with van der Waals surface area (Å²) in [5.74, 6) is 0.769. The molecule has 0 aliphatic carbocycles. The van der Waals surface area contributed by atoms with Crippen molar-refractivity contribution >= 4 is 33.6 Å². The third-order valence-electron chi connectivity index (χ3n) is 2.34. The highest BCUT2D eigenvalue weighted by Crippen LogP contribution is 2.22. The number of hydrogen-bond acceptors (Lipinski definition) is 3. The minimum absolute atomic E-state index is 0.00561. The Morgan fingerprint density at radius 2 is 2.29 bits per heavy atom. The van der Waals surface area contributed by atoms with Crippen molar-refractivity contribution in [2.75, 3.05) is 12.0 Å². The summed E-state index contributed by atoms with van der Waals surface area (Å²) in [6.07, 6.45) is 2.96. The van der Waals surface area contributed by atoms with E-state index in [1.807, 2.05) is 13.2 Å². The maximum absolute atomic E-state index is 11.9. The van der Waals surface area contributed by atoms with Gasteiger partial charge in [0.25, 0.3) is 5.91 Å². The zero-order valence-corrected chi connectivity index (χ0v) is 12.3. The first-order chi connectivity index (χ1) is 8.04. The minimum atomic E-state index is -0.233. The van der Waals surface area contributed by atoms with Gasteiger partial charge in [0.1, 0.15) is 5.75 Å². The zero-order valence-electron chi connectivity index (χ0n) is 9.87. The molecule has 1 aromatic rings. The molecule has 3 nitrogen and oxygen atoms in total. The average Bonchev–Trinajstić information content (AvgIpc) is 2.26. The van der Waals surface area contributed by atoms with Crippen LogP contribution in [0.1, 0.15) is 23.7 Å². The van der Waals surface area contributed by atoms with Gasteiger partial charge in [-0.2, -0.15) is 11.8 Å². The van der Waals surface area contributed by atoms with Gasteiger partial charge in [-0.25, -0.2) is 0 Å². The molecule has 1 rings (SSSR count). The summed E-state index contributed by atoms with van der Waals surface area (Å²) in [4.78, 5) is 11.9. The van der Waals surface area contributed by atoms with Crippen molar-refractivity contribution in [3.63, 3.8) is 0 Å². The van der Waals surface area contributed by atoms with Crippen LogP contribution in [0.5, 0.6) is 5.75 Å². The van der Waals surface area contributed by atoms with Crippen LogP contribution in [0.2, 0.25) is 0 Å². The molecule has 0 saturated heterocycles. The van der Waals surface area contributed by atoms with Crippen molar-refractivity contribution in [2.24, 2.45) is 0 Å². The number of amides is 1. The number of aromatic hydroxyl groups is 1. The topological polar surface area (TPSA) is 49.3 Å². The van der Waals surface area contributed by atoms with Gasteiger partial charge in [0, 0.05) is 10.5 Å². The van der Waals surface area contributed by atoms with Crippen LogP contribution in [-0.2, 0) is 0 Å². The van der Waals surface area contributed by atoms with Crippen molar-refractivity contribution in [1.82, 2.24) is 5.32 Å². The van der Waals surface area contributed by atoms with Crippen molar-refractivity contribution in [2.45, 2.75) is 19.4 Å². The predicted molar refractivity (Wildman–Crippen MR) is 75.7 cm³/mol. The Kier molecular flexibility index (Phi) is 5.85. The fraction of sp³-hybridized carbons (Fsp3) is 0.417. The summed E-state index contributed by atoms with van der Waals surface area (Å²) in [7, 11) is 0. The first-order valence-corrected chi connectivity index (χ1v) is 7.51. The van der Waals surface area contributed by atoms with E-state index in [9.17, 15) is 9.90 Å². The van der Waals surface area contributed by atoms with E-state index in [-0.39, 0.29) is 17.7 Å². The number of halogens is 1. The van der Waals surface area contributed by atoms with E-state index in [0.29, 0.717) is 5.56 Å². The van der Waals surface area contributed by atoms with Gasteiger partial charge in [0.2, 0.25) is 0 Å². The third-order valence-corrected chi connectivity index (χ3v) is 3.47. The number of hydrogen-bond donors (Lipinski definition) is 2. The lowest BCUT2D eigenvalue weighted by atomic mass is 10.1. The number of benzene rings is 1. The molecule has 0 aliphatic rings. The van der Waals surface area contributed by atoms with E-state index in [4.69, 9.17) is 0 Å². The highest BCUT2D eigenvalue weighted by molar-refractivity contribution is 9.10. The normalized spacial score (nSPS) is 12.2. The van der Waals surface area contributed by atoms with Crippen LogP contribution in [0.4, 0.5) is 0 Å². The minimum Gasteiger partial charge on any atom is -0.507 e. The lowest BCUT2D eigenvalue weighted by molar-refractivity contribution is 0.0937. The summed E-state index contributed by atoms with van der Waals surface area (Å²) >= 11 is 4.99. The highest BCUT2D eigenvalue weighted by Gasteiger charge is 2.13. The van der Waals surface area contributed by atoms with E-state index in [1.165, 1.54) is 6.07 Å². The van der Waals surface area contributed by atoms with Crippen LogP contribution in [0.3, 0.4) is 0 Å². The second-order valence-electron chi connectivity index (χ2n) is 3.82. The Morgan fingerprint density at radius 3 is 2.88 bits per heavy atom. The van der Waals surface area contributed by atoms with Gasteiger partial charge in [0.05, 0.1) is 5.56 Å². The van der Waals surface area contributed by atoms with E-state index in [1.54, 1.807) is 23.9 Å². The van der Waals surface area contributed by atoms with Crippen LogP contribution in [0.15, 0.2) is 22.7 Å². The Morgan fingerprint density at radius 1 is 1.59 bits per heavy atom. The summed E-state index contributed by atoms with van der Waals surface area (Å²) in [5.41, 5.74) is 0.309. The lowest BCUT2D eigenvalue weighted by Crippen LogP contribution is -2.32. The zero-order chi connectivity index (χ0) is 12.8. The maximum Gasteiger partial charge on any atom is 0.255 e. The van der Waals surface area contributed by atoms with Gasteiger partial charge in [0.15, 0.2) is 0 Å². The van der Waals surface area contributed by atoms with Crippen LogP contribution in [0, 0.1) is 0 Å². The van der Waals surface area contributed by atoms with Crippen molar-refractivity contribution < 1.29 is 9.90 Å². The molecule has 1 amide bonds. The number of carbonyl (C=O) groups is 1. The van der Waals surface area contributed by atoms with Crippen molar-refractivity contribution in [1.29, 1.82) is 0 Å². The first-order valence-electron chi connectivity index (χ1n) is 5.33. The van der Waals surface area contributed by atoms with Crippen LogP contribution in [0.25, 0.3) is 0 Å². The summed E-state index contributed by atoms with van der Waals surface area (Å²) in [5, 5.41) is 12.5. The summed E-state index contributed by atoms with van der Waals surface area (Å²) in [6, 6.07) is 4.97.